The van der Waals surface area contributed by atoms with Gasteiger partial charge in [0, 0.05) is 16.2 Å². The molecule has 0 amide bonds. The van der Waals surface area contributed by atoms with Gasteiger partial charge in [0.05, 0.1) is 0 Å². The summed E-state index contributed by atoms with van der Waals surface area (Å²) in [5.74, 6) is -0.266. The number of rotatable bonds is 3. The van der Waals surface area contributed by atoms with Gasteiger partial charge >= 0.3 is 0 Å². The summed E-state index contributed by atoms with van der Waals surface area (Å²) in [5.41, 5.74) is 0.735. The first-order chi connectivity index (χ1) is 7.61. The van der Waals surface area contributed by atoms with E-state index >= 15 is 0 Å². The zero-order chi connectivity index (χ0) is 11.7. The maximum absolute atomic E-state index is 11.7. The summed E-state index contributed by atoms with van der Waals surface area (Å²) >= 11 is 1.56. The minimum atomic E-state index is -0.990. The molecule has 0 aliphatic heterocycles. The van der Waals surface area contributed by atoms with Crippen LogP contribution in [0.25, 0.3) is 10.1 Å². The Morgan fingerprint density at radius 2 is 2.00 bits per heavy atom. The van der Waals surface area contributed by atoms with Crippen LogP contribution in [0.1, 0.15) is 25.5 Å². The third kappa shape index (κ3) is 1.88. The molecule has 1 aromatic carbocycles. The molecule has 84 valence electrons. The van der Waals surface area contributed by atoms with Gasteiger partial charge in [-0.05, 0) is 16.8 Å². The van der Waals surface area contributed by atoms with Gasteiger partial charge in [-0.1, -0.05) is 32.0 Å². The second kappa shape index (κ2) is 4.36. The van der Waals surface area contributed by atoms with Crippen LogP contribution in [0.4, 0.5) is 0 Å². The molecule has 16 heavy (non-hydrogen) atoms. The molecule has 1 atom stereocenters. The molecule has 0 radical (unpaired) electrons. The highest BCUT2D eigenvalue weighted by Gasteiger charge is 2.22. The number of hydrogen-bond acceptors (Lipinski definition) is 3. The predicted octanol–water partition coefficient (Wildman–Crippen LogP) is 3.16. The molecule has 1 aromatic heterocycles. The van der Waals surface area contributed by atoms with Crippen molar-refractivity contribution in [1.29, 1.82) is 0 Å². The van der Waals surface area contributed by atoms with Crippen molar-refractivity contribution in [1.82, 2.24) is 0 Å². The van der Waals surface area contributed by atoms with Crippen LogP contribution in [0.2, 0.25) is 0 Å². The molecule has 0 aliphatic carbocycles. The fourth-order valence-corrected chi connectivity index (χ4v) is 2.66. The zero-order valence-electron chi connectivity index (χ0n) is 9.31. The smallest absolute Gasteiger partial charge is 0.168 e. The summed E-state index contributed by atoms with van der Waals surface area (Å²) in [5, 5.41) is 12.9. The van der Waals surface area contributed by atoms with Gasteiger partial charge in [0.2, 0.25) is 0 Å². The van der Waals surface area contributed by atoms with Gasteiger partial charge in [0.1, 0.15) is 6.10 Å². The van der Waals surface area contributed by atoms with Crippen molar-refractivity contribution in [2.75, 3.05) is 0 Å². The average Bonchev–Trinajstić information content (AvgIpc) is 2.70. The molecule has 0 aliphatic rings. The number of aliphatic hydroxyl groups excluding tert-OH is 1. The minimum absolute atomic E-state index is 0.122. The molecule has 1 N–H and O–H groups in total. The van der Waals surface area contributed by atoms with Crippen LogP contribution in [0, 0.1) is 5.92 Å². The molecule has 3 heteroatoms. The first-order valence-electron chi connectivity index (χ1n) is 5.29. The molecule has 2 nitrogen and oxygen atoms in total. The molecule has 0 bridgehead atoms. The normalized spacial score (nSPS) is 13.2. The van der Waals surface area contributed by atoms with E-state index in [2.05, 4.69) is 0 Å². The van der Waals surface area contributed by atoms with E-state index in [1.165, 1.54) is 0 Å². The van der Waals surface area contributed by atoms with Crippen molar-refractivity contribution >= 4 is 27.2 Å². The Hall–Kier alpha value is -1.19. The molecule has 0 spiro atoms. The number of aliphatic hydroxyl groups is 1. The van der Waals surface area contributed by atoms with Crippen molar-refractivity contribution in [3.8, 4) is 0 Å². The van der Waals surface area contributed by atoms with E-state index in [9.17, 15) is 9.90 Å². The van der Waals surface area contributed by atoms with Gasteiger partial charge < -0.3 is 5.11 Å². The molecule has 2 aromatic rings. The first-order valence-corrected chi connectivity index (χ1v) is 6.17. The van der Waals surface area contributed by atoms with Crippen molar-refractivity contribution in [2.24, 2.45) is 5.92 Å². The van der Waals surface area contributed by atoms with Crippen molar-refractivity contribution < 1.29 is 9.90 Å². The van der Waals surface area contributed by atoms with E-state index in [1.54, 1.807) is 25.2 Å². The summed E-state index contributed by atoms with van der Waals surface area (Å²) in [7, 11) is 0. The van der Waals surface area contributed by atoms with Gasteiger partial charge in [0.15, 0.2) is 5.78 Å². The zero-order valence-corrected chi connectivity index (χ0v) is 10.1. The lowest BCUT2D eigenvalue weighted by Gasteiger charge is -2.11. The summed E-state index contributed by atoms with van der Waals surface area (Å²) in [6.07, 6.45) is -0.990. The lowest BCUT2D eigenvalue weighted by Crippen LogP contribution is -2.17. The van der Waals surface area contributed by atoms with E-state index in [1.807, 2.05) is 29.6 Å². The molecular formula is C13H14O2S. The van der Waals surface area contributed by atoms with Gasteiger partial charge in [-0.15, -0.1) is 11.3 Å². The highest BCUT2D eigenvalue weighted by Crippen LogP contribution is 2.31. The summed E-state index contributed by atoms with van der Waals surface area (Å²) < 4.78 is 1.10. The largest absolute Gasteiger partial charge is 0.380 e. The van der Waals surface area contributed by atoms with Crippen LogP contribution in [-0.4, -0.2) is 10.9 Å². The predicted molar refractivity (Wildman–Crippen MR) is 66.6 cm³/mol. The Bertz CT molecular complexity index is 513. The second-order valence-electron chi connectivity index (χ2n) is 4.15. The van der Waals surface area contributed by atoms with Crippen molar-refractivity contribution in [3.63, 3.8) is 0 Å². The number of carbonyl (C=O) groups is 1. The highest BCUT2D eigenvalue weighted by molar-refractivity contribution is 7.17. The van der Waals surface area contributed by atoms with E-state index in [0.717, 1.165) is 15.6 Å². The molecule has 0 saturated carbocycles. The van der Waals surface area contributed by atoms with Crippen LogP contribution < -0.4 is 0 Å². The van der Waals surface area contributed by atoms with E-state index in [4.69, 9.17) is 0 Å². The molecule has 2 rings (SSSR count). The Morgan fingerprint density at radius 1 is 1.31 bits per heavy atom. The van der Waals surface area contributed by atoms with Gasteiger partial charge in [-0.3, -0.25) is 4.79 Å². The monoisotopic (exact) mass is 234 g/mol. The fraction of sp³-hybridized carbons (Fsp3) is 0.308. The van der Waals surface area contributed by atoms with Crippen LogP contribution >= 0.6 is 11.3 Å². The van der Waals surface area contributed by atoms with E-state index in [0.29, 0.717) is 0 Å². The Labute approximate surface area is 98.5 Å². The Balaban J connectivity index is 2.44. The Morgan fingerprint density at radius 3 is 2.69 bits per heavy atom. The van der Waals surface area contributed by atoms with Crippen molar-refractivity contribution in [2.45, 2.75) is 20.0 Å². The number of thiophene rings is 1. The summed E-state index contributed by atoms with van der Waals surface area (Å²) in [6, 6.07) is 7.82. The third-order valence-corrected chi connectivity index (χ3v) is 3.63. The summed E-state index contributed by atoms with van der Waals surface area (Å²) in [6.45, 7) is 3.61. The topological polar surface area (TPSA) is 37.3 Å². The lowest BCUT2D eigenvalue weighted by atomic mass is 9.98. The number of hydrogen-bond donors (Lipinski definition) is 1. The van der Waals surface area contributed by atoms with Crippen LogP contribution in [0.5, 0.6) is 0 Å². The molecule has 1 heterocycles. The van der Waals surface area contributed by atoms with E-state index < -0.39 is 6.10 Å². The van der Waals surface area contributed by atoms with Gasteiger partial charge in [-0.25, -0.2) is 0 Å². The average molecular weight is 234 g/mol. The highest BCUT2D eigenvalue weighted by atomic mass is 32.1. The maximum Gasteiger partial charge on any atom is 0.168 e. The SMILES string of the molecule is CC(C)C(=O)C(O)c1csc2ccccc12. The Kier molecular flexibility index (Phi) is 3.08. The van der Waals surface area contributed by atoms with Crippen molar-refractivity contribution in [3.05, 3.63) is 35.2 Å². The number of carbonyl (C=O) groups excluding carboxylic acids is 1. The maximum atomic E-state index is 11.7. The van der Waals surface area contributed by atoms with E-state index in [-0.39, 0.29) is 11.7 Å². The summed E-state index contributed by atoms with van der Waals surface area (Å²) in [4.78, 5) is 11.7. The van der Waals surface area contributed by atoms with Crippen LogP contribution in [0.15, 0.2) is 29.6 Å². The third-order valence-electron chi connectivity index (χ3n) is 2.64. The molecule has 0 saturated heterocycles. The number of fused-ring (bicyclic) bond motifs is 1. The quantitative estimate of drug-likeness (QED) is 0.885. The number of benzene rings is 1. The molecule has 1 unspecified atom stereocenters. The minimum Gasteiger partial charge on any atom is -0.380 e. The van der Waals surface area contributed by atoms with Crippen LogP contribution in [0.3, 0.4) is 0 Å². The van der Waals surface area contributed by atoms with Gasteiger partial charge in [-0.2, -0.15) is 0 Å². The molecule has 0 fully saturated rings. The standard InChI is InChI=1S/C13H14O2S/c1-8(2)12(14)13(15)10-7-16-11-6-4-3-5-9(10)11/h3-8,13,15H,1-2H3. The first kappa shape index (κ1) is 11.3. The second-order valence-corrected chi connectivity index (χ2v) is 5.06. The van der Waals surface area contributed by atoms with Gasteiger partial charge in [0.25, 0.3) is 0 Å². The van der Waals surface area contributed by atoms with Crippen LogP contribution in [-0.2, 0) is 4.79 Å². The number of ketones is 1. The fourth-order valence-electron chi connectivity index (χ4n) is 1.68. The lowest BCUT2D eigenvalue weighted by molar-refractivity contribution is -0.130. The number of Topliss-reactive ketones (excluding diaryl/α,β-unsaturated/α-hetero) is 1. The molecular weight excluding hydrogens is 220 g/mol.